The summed E-state index contributed by atoms with van der Waals surface area (Å²) in [7, 11) is 0. The van der Waals surface area contributed by atoms with Gasteiger partial charge < -0.3 is 5.11 Å². The van der Waals surface area contributed by atoms with Crippen LogP contribution < -0.4 is 0 Å². The molecule has 0 bridgehead atoms. The van der Waals surface area contributed by atoms with E-state index >= 15 is 0 Å². The highest BCUT2D eigenvalue weighted by atomic mass is 16.4. The summed E-state index contributed by atoms with van der Waals surface area (Å²) in [4.78, 5) is 11.1. The molecule has 0 atom stereocenters. The number of aliphatic carboxylic acids is 1. The molecule has 76 valence electrons. The van der Waals surface area contributed by atoms with Gasteiger partial charge in [-0.1, -0.05) is 38.5 Å². The second-order valence-electron chi connectivity index (χ2n) is 4.49. The van der Waals surface area contributed by atoms with Crippen LogP contribution in [0, 0.1) is 5.41 Å². The van der Waals surface area contributed by atoms with Crippen molar-refractivity contribution in [1.82, 2.24) is 0 Å². The first kappa shape index (κ1) is 10.6. The zero-order valence-electron chi connectivity index (χ0n) is 8.51. The highest BCUT2D eigenvalue weighted by molar-refractivity contribution is 5.74. The molecule has 0 aromatic carbocycles. The lowest BCUT2D eigenvalue weighted by molar-refractivity contribution is -0.148. The third kappa shape index (κ3) is 3.02. The van der Waals surface area contributed by atoms with Gasteiger partial charge in [0.1, 0.15) is 0 Å². The highest BCUT2D eigenvalue weighted by Gasteiger charge is 2.31. The fraction of sp³-hybridized carbons (Fsp3) is 0.909. The molecule has 1 N–H and O–H groups in total. The molecule has 0 unspecified atom stereocenters. The van der Waals surface area contributed by atoms with Crippen molar-refractivity contribution in [2.75, 3.05) is 0 Å². The van der Waals surface area contributed by atoms with Crippen LogP contribution in [-0.4, -0.2) is 11.1 Å². The van der Waals surface area contributed by atoms with Crippen LogP contribution in [0.4, 0.5) is 0 Å². The smallest absolute Gasteiger partial charge is 0.309 e. The third-order valence-corrected chi connectivity index (χ3v) is 3.22. The standard InChI is InChI=1S/C11H20O2/c1-11(10(12)13)8-6-4-2-3-5-7-9-11/h2-9H2,1H3,(H,12,13). The Labute approximate surface area is 80.3 Å². The molecule has 13 heavy (non-hydrogen) atoms. The monoisotopic (exact) mass is 184 g/mol. The molecule has 1 saturated carbocycles. The zero-order chi connectivity index (χ0) is 9.73. The van der Waals surface area contributed by atoms with Gasteiger partial charge >= 0.3 is 5.97 Å². The first-order chi connectivity index (χ1) is 6.15. The van der Waals surface area contributed by atoms with Crippen molar-refractivity contribution in [2.45, 2.75) is 58.3 Å². The minimum Gasteiger partial charge on any atom is -0.481 e. The molecule has 1 fully saturated rings. The van der Waals surface area contributed by atoms with Crippen LogP contribution in [0.5, 0.6) is 0 Å². The number of carboxylic acids is 1. The van der Waals surface area contributed by atoms with E-state index in [1.54, 1.807) is 0 Å². The predicted molar refractivity (Wildman–Crippen MR) is 52.7 cm³/mol. The molecule has 0 amide bonds. The summed E-state index contributed by atoms with van der Waals surface area (Å²) >= 11 is 0. The topological polar surface area (TPSA) is 37.3 Å². The van der Waals surface area contributed by atoms with Gasteiger partial charge in [-0.25, -0.2) is 0 Å². The fourth-order valence-corrected chi connectivity index (χ4v) is 2.08. The molecule has 0 aliphatic heterocycles. The Hall–Kier alpha value is -0.530. The van der Waals surface area contributed by atoms with Crippen LogP contribution in [0.1, 0.15) is 58.3 Å². The Balaban J connectivity index is 2.54. The Bertz CT molecular complexity index is 165. The number of carbonyl (C=O) groups is 1. The molecule has 0 aromatic rings. The van der Waals surface area contributed by atoms with Crippen molar-refractivity contribution >= 4 is 5.97 Å². The molecular weight excluding hydrogens is 164 g/mol. The van der Waals surface area contributed by atoms with Gasteiger partial charge in [0.15, 0.2) is 0 Å². The second-order valence-corrected chi connectivity index (χ2v) is 4.49. The van der Waals surface area contributed by atoms with Crippen molar-refractivity contribution in [3.05, 3.63) is 0 Å². The molecule has 1 aliphatic rings. The maximum atomic E-state index is 11.1. The van der Waals surface area contributed by atoms with E-state index in [1.807, 2.05) is 6.92 Å². The molecule has 1 aliphatic carbocycles. The number of hydrogen-bond acceptors (Lipinski definition) is 1. The molecule has 0 aromatic heterocycles. The van der Waals surface area contributed by atoms with Crippen molar-refractivity contribution < 1.29 is 9.90 Å². The average molecular weight is 184 g/mol. The summed E-state index contributed by atoms with van der Waals surface area (Å²) in [6.07, 6.45) is 8.90. The first-order valence-electron chi connectivity index (χ1n) is 5.38. The van der Waals surface area contributed by atoms with Crippen LogP contribution in [0.2, 0.25) is 0 Å². The summed E-state index contributed by atoms with van der Waals surface area (Å²) in [5.41, 5.74) is -0.440. The van der Waals surface area contributed by atoms with Gasteiger partial charge in [-0.2, -0.15) is 0 Å². The lowest BCUT2D eigenvalue weighted by Gasteiger charge is -2.23. The van der Waals surface area contributed by atoms with Gasteiger partial charge in [0.2, 0.25) is 0 Å². The van der Waals surface area contributed by atoms with E-state index < -0.39 is 11.4 Å². The Morgan fingerprint density at radius 1 is 1.00 bits per heavy atom. The number of hydrogen-bond donors (Lipinski definition) is 1. The van der Waals surface area contributed by atoms with E-state index in [9.17, 15) is 4.79 Å². The SMILES string of the molecule is CC1(C(=O)O)CCCCCCCC1. The lowest BCUT2D eigenvalue weighted by Crippen LogP contribution is -2.27. The Kier molecular flexibility index (Phi) is 3.76. The molecule has 0 saturated heterocycles. The first-order valence-corrected chi connectivity index (χ1v) is 5.38. The molecule has 2 heteroatoms. The van der Waals surface area contributed by atoms with Crippen LogP contribution >= 0.6 is 0 Å². The predicted octanol–water partition coefficient (Wildman–Crippen LogP) is 3.21. The summed E-state index contributed by atoms with van der Waals surface area (Å²) in [6, 6.07) is 0. The quantitative estimate of drug-likeness (QED) is 0.679. The summed E-state index contributed by atoms with van der Waals surface area (Å²) in [5, 5.41) is 9.11. The molecule has 2 nitrogen and oxygen atoms in total. The molecule has 0 radical (unpaired) electrons. The van der Waals surface area contributed by atoms with E-state index in [2.05, 4.69) is 0 Å². The minimum absolute atomic E-state index is 0.440. The van der Waals surface area contributed by atoms with Crippen molar-refractivity contribution in [3.8, 4) is 0 Å². The van der Waals surface area contributed by atoms with E-state index in [0.29, 0.717) is 0 Å². The van der Waals surface area contributed by atoms with Crippen molar-refractivity contribution in [2.24, 2.45) is 5.41 Å². The van der Waals surface area contributed by atoms with Crippen LogP contribution in [0.15, 0.2) is 0 Å². The summed E-state index contributed by atoms with van der Waals surface area (Å²) in [5.74, 6) is -0.602. The number of rotatable bonds is 1. The van der Waals surface area contributed by atoms with E-state index in [1.165, 1.54) is 25.7 Å². The zero-order valence-corrected chi connectivity index (χ0v) is 8.51. The summed E-state index contributed by atoms with van der Waals surface area (Å²) < 4.78 is 0. The van der Waals surface area contributed by atoms with Crippen molar-refractivity contribution in [1.29, 1.82) is 0 Å². The van der Waals surface area contributed by atoms with Crippen LogP contribution in [-0.2, 0) is 4.79 Å². The van der Waals surface area contributed by atoms with E-state index in [4.69, 9.17) is 5.11 Å². The van der Waals surface area contributed by atoms with Gasteiger partial charge in [-0.15, -0.1) is 0 Å². The largest absolute Gasteiger partial charge is 0.481 e. The van der Waals surface area contributed by atoms with Gasteiger partial charge in [-0.3, -0.25) is 4.79 Å². The van der Waals surface area contributed by atoms with E-state index in [-0.39, 0.29) is 0 Å². The van der Waals surface area contributed by atoms with Gasteiger partial charge in [-0.05, 0) is 19.8 Å². The average Bonchev–Trinajstić information content (AvgIpc) is 2.18. The fourth-order valence-electron chi connectivity index (χ4n) is 2.08. The van der Waals surface area contributed by atoms with Gasteiger partial charge in [0.25, 0.3) is 0 Å². The minimum atomic E-state index is -0.602. The van der Waals surface area contributed by atoms with Gasteiger partial charge in [0, 0.05) is 0 Å². The van der Waals surface area contributed by atoms with E-state index in [0.717, 1.165) is 25.7 Å². The van der Waals surface area contributed by atoms with Crippen molar-refractivity contribution in [3.63, 3.8) is 0 Å². The van der Waals surface area contributed by atoms with Gasteiger partial charge in [0.05, 0.1) is 5.41 Å². The number of carboxylic acid groups (broad SMARTS) is 1. The Morgan fingerprint density at radius 3 is 1.77 bits per heavy atom. The van der Waals surface area contributed by atoms with Crippen LogP contribution in [0.25, 0.3) is 0 Å². The summed E-state index contributed by atoms with van der Waals surface area (Å²) in [6.45, 7) is 1.90. The molecule has 0 heterocycles. The third-order valence-electron chi connectivity index (χ3n) is 3.22. The molecular formula is C11H20O2. The van der Waals surface area contributed by atoms with Crippen LogP contribution in [0.3, 0.4) is 0 Å². The molecule has 0 spiro atoms. The normalized spacial score (nSPS) is 24.1. The Morgan fingerprint density at radius 2 is 1.38 bits per heavy atom. The lowest BCUT2D eigenvalue weighted by atomic mass is 9.81. The highest BCUT2D eigenvalue weighted by Crippen LogP contribution is 2.33. The maximum Gasteiger partial charge on any atom is 0.309 e. The second kappa shape index (κ2) is 4.64. The maximum absolute atomic E-state index is 11.1. The molecule has 1 rings (SSSR count).